The van der Waals surface area contributed by atoms with Gasteiger partial charge in [0.05, 0.1) is 4.90 Å². The van der Waals surface area contributed by atoms with Crippen LogP contribution < -0.4 is 0 Å². The van der Waals surface area contributed by atoms with Crippen molar-refractivity contribution in [2.75, 3.05) is 0 Å². The number of aryl methyl sites for hydroxylation is 1. The molecule has 1 heterocycles. The monoisotopic (exact) mass is 287 g/mol. The van der Waals surface area contributed by atoms with Crippen molar-refractivity contribution in [1.82, 2.24) is 4.98 Å². The minimum atomic E-state index is -3.84. The fourth-order valence-corrected chi connectivity index (χ4v) is 3.04. The first-order valence-electron chi connectivity index (χ1n) is 5.16. The Kier molecular flexibility index (Phi) is 3.08. The van der Waals surface area contributed by atoms with Gasteiger partial charge in [0.1, 0.15) is 5.69 Å². The number of fused-ring (bicyclic) bond motifs is 1. The van der Waals surface area contributed by atoms with Gasteiger partial charge in [-0.2, -0.15) is 0 Å². The molecule has 0 bridgehead atoms. The van der Waals surface area contributed by atoms with Crippen LogP contribution in [0.2, 0.25) is 0 Å². The molecule has 0 saturated heterocycles. The maximum atomic E-state index is 11.4. The second kappa shape index (κ2) is 4.29. The molecule has 0 spiro atoms. The molecule has 2 rings (SSSR count). The quantitative estimate of drug-likeness (QED) is 0.848. The topological polar surface area (TPSA) is 87.2 Å². The molecular formula is C11H10ClNO4S. The first kappa shape index (κ1) is 12.9. The average molecular weight is 288 g/mol. The number of carboxylic acids is 1. The molecule has 2 aromatic rings. The summed E-state index contributed by atoms with van der Waals surface area (Å²) in [4.78, 5) is 13.6. The predicted octanol–water partition coefficient (Wildman–Crippen LogP) is 2.36. The molecule has 0 atom stereocenters. The standard InChI is InChI=1S/C11H10ClNO4S/c1-2-6-3-8-7(4-9(13-8)11(14)15)5-10(6)18(12,16)17/h3-5,13H,2H2,1H3,(H,14,15). The zero-order chi connectivity index (χ0) is 13.5. The summed E-state index contributed by atoms with van der Waals surface area (Å²) in [6.07, 6.45) is 0.485. The summed E-state index contributed by atoms with van der Waals surface area (Å²) in [7, 11) is 1.52. The van der Waals surface area contributed by atoms with Gasteiger partial charge in [-0.25, -0.2) is 13.2 Å². The number of rotatable bonds is 3. The number of benzene rings is 1. The van der Waals surface area contributed by atoms with Gasteiger partial charge in [0.15, 0.2) is 0 Å². The van der Waals surface area contributed by atoms with Crippen LogP contribution in [0.25, 0.3) is 10.9 Å². The van der Waals surface area contributed by atoms with Crippen LogP contribution in [0.5, 0.6) is 0 Å². The third-order valence-electron chi connectivity index (χ3n) is 2.68. The summed E-state index contributed by atoms with van der Waals surface area (Å²) < 4.78 is 22.9. The summed E-state index contributed by atoms with van der Waals surface area (Å²) in [6, 6.07) is 4.37. The second-order valence-corrected chi connectivity index (χ2v) is 6.36. The van der Waals surface area contributed by atoms with Crippen molar-refractivity contribution < 1.29 is 18.3 Å². The molecule has 7 heteroatoms. The van der Waals surface area contributed by atoms with Gasteiger partial charge in [0.25, 0.3) is 9.05 Å². The number of hydrogen-bond donors (Lipinski definition) is 2. The van der Waals surface area contributed by atoms with Gasteiger partial charge < -0.3 is 10.1 Å². The van der Waals surface area contributed by atoms with Gasteiger partial charge in [-0.1, -0.05) is 6.92 Å². The number of nitrogens with one attached hydrogen (secondary N) is 1. The fraction of sp³-hybridized carbons (Fsp3) is 0.182. The Hall–Kier alpha value is -1.53. The Labute approximate surface area is 108 Å². The Morgan fingerprint density at radius 2 is 2.06 bits per heavy atom. The van der Waals surface area contributed by atoms with Crippen molar-refractivity contribution in [2.24, 2.45) is 0 Å². The molecule has 18 heavy (non-hydrogen) atoms. The van der Waals surface area contributed by atoms with Crippen LogP contribution in [0, 0.1) is 0 Å². The van der Waals surface area contributed by atoms with E-state index in [1.807, 2.05) is 0 Å². The summed E-state index contributed by atoms with van der Waals surface area (Å²) in [5.74, 6) is -1.10. The molecule has 0 aliphatic carbocycles. The van der Waals surface area contributed by atoms with E-state index in [4.69, 9.17) is 15.8 Å². The molecule has 0 amide bonds. The Morgan fingerprint density at radius 3 is 2.56 bits per heavy atom. The number of H-pyrrole nitrogens is 1. The van der Waals surface area contributed by atoms with Crippen molar-refractivity contribution >= 4 is 36.6 Å². The second-order valence-electron chi connectivity index (χ2n) is 3.83. The van der Waals surface area contributed by atoms with Crippen LogP contribution in [0.4, 0.5) is 0 Å². The molecular weight excluding hydrogens is 278 g/mol. The van der Waals surface area contributed by atoms with Crippen LogP contribution in [0.1, 0.15) is 23.0 Å². The van der Waals surface area contributed by atoms with E-state index in [2.05, 4.69) is 4.98 Å². The Bertz CT molecular complexity index is 733. The number of halogens is 1. The molecule has 5 nitrogen and oxygen atoms in total. The SMILES string of the molecule is CCc1cc2[nH]c(C(=O)O)cc2cc1S(=O)(=O)Cl. The lowest BCUT2D eigenvalue weighted by Gasteiger charge is -2.04. The highest BCUT2D eigenvalue weighted by molar-refractivity contribution is 8.13. The van der Waals surface area contributed by atoms with Crippen molar-refractivity contribution in [2.45, 2.75) is 18.2 Å². The van der Waals surface area contributed by atoms with Crippen molar-refractivity contribution in [1.29, 1.82) is 0 Å². The molecule has 2 N–H and O–H groups in total. The highest BCUT2D eigenvalue weighted by Gasteiger charge is 2.17. The molecule has 96 valence electrons. The van der Waals surface area contributed by atoms with Gasteiger partial charge in [-0.15, -0.1) is 0 Å². The van der Waals surface area contributed by atoms with E-state index in [-0.39, 0.29) is 10.6 Å². The third-order valence-corrected chi connectivity index (χ3v) is 4.08. The lowest BCUT2D eigenvalue weighted by atomic mass is 10.1. The van der Waals surface area contributed by atoms with Crippen LogP contribution >= 0.6 is 10.7 Å². The number of aromatic nitrogens is 1. The van der Waals surface area contributed by atoms with Crippen LogP contribution in [-0.2, 0) is 15.5 Å². The first-order chi connectivity index (χ1) is 8.32. The van der Waals surface area contributed by atoms with Gasteiger partial charge in [-0.3, -0.25) is 0 Å². The minimum Gasteiger partial charge on any atom is -0.477 e. The van der Waals surface area contributed by atoms with E-state index in [9.17, 15) is 13.2 Å². The maximum absolute atomic E-state index is 11.4. The molecule has 0 fully saturated rings. The summed E-state index contributed by atoms with van der Waals surface area (Å²) in [6.45, 7) is 1.80. The zero-order valence-electron chi connectivity index (χ0n) is 9.40. The minimum absolute atomic E-state index is 0.0103. The predicted molar refractivity (Wildman–Crippen MR) is 67.7 cm³/mol. The van der Waals surface area contributed by atoms with Crippen molar-refractivity contribution in [3.8, 4) is 0 Å². The van der Waals surface area contributed by atoms with Crippen molar-refractivity contribution in [3.05, 3.63) is 29.5 Å². The van der Waals surface area contributed by atoms with E-state index < -0.39 is 15.0 Å². The molecule has 0 aliphatic heterocycles. The number of hydrogen-bond acceptors (Lipinski definition) is 3. The third kappa shape index (κ3) is 2.21. The van der Waals surface area contributed by atoms with Crippen molar-refractivity contribution in [3.63, 3.8) is 0 Å². The Morgan fingerprint density at radius 1 is 1.39 bits per heavy atom. The van der Waals surface area contributed by atoms with E-state index in [1.54, 1.807) is 13.0 Å². The summed E-state index contributed by atoms with van der Waals surface area (Å²) in [5.41, 5.74) is 1.14. The van der Waals surface area contributed by atoms with E-state index in [0.29, 0.717) is 22.9 Å². The summed E-state index contributed by atoms with van der Waals surface area (Å²) in [5, 5.41) is 9.37. The van der Waals surface area contributed by atoms with Gasteiger partial charge >= 0.3 is 5.97 Å². The number of aromatic carboxylic acids is 1. The largest absolute Gasteiger partial charge is 0.477 e. The highest BCUT2D eigenvalue weighted by atomic mass is 35.7. The molecule has 1 aromatic carbocycles. The molecule has 0 radical (unpaired) electrons. The Balaban J connectivity index is 2.77. The number of carbonyl (C=O) groups is 1. The molecule has 1 aromatic heterocycles. The van der Waals surface area contributed by atoms with Gasteiger partial charge in [0.2, 0.25) is 0 Å². The smallest absolute Gasteiger partial charge is 0.352 e. The first-order valence-corrected chi connectivity index (χ1v) is 7.47. The van der Waals surface area contributed by atoms with Crippen LogP contribution in [0.15, 0.2) is 23.1 Å². The van der Waals surface area contributed by atoms with Gasteiger partial charge in [-0.05, 0) is 30.2 Å². The average Bonchev–Trinajstić information content (AvgIpc) is 2.68. The lowest BCUT2D eigenvalue weighted by Crippen LogP contribution is -1.97. The zero-order valence-corrected chi connectivity index (χ0v) is 11.0. The van der Waals surface area contributed by atoms with E-state index in [1.165, 1.54) is 12.1 Å². The number of carboxylic acid groups (broad SMARTS) is 1. The van der Waals surface area contributed by atoms with E-state index >= 15 is 0 Å². The number of aromatic amines is 1. The van der Waals surface area contributed by atoms with Crippen LogP contribution in [0.3, 0.4) is 0 Å². The molecule has 0 aliphatic rings. The highest BCUT2D eigenvalue weighted by Crippen LogP contribution is 2.27. The normalized spacial score (nSPS) is 11.9. The van der Waals surface area contributed by atoms with Gasteiger partial charge in [0, 0.05) is 21.6 Å². The molecule has 0 unspecified atom stereocenters. The summed E-state index contributed by atoms with van der Waals surface area (Å²) >= 11 is 0. The lowest BCUT2D eigenvalue weighted by molar-refractivity contribution is 0.0691. The van der Waals surface area contributed by atoms with Crippen LogP contribution in [-0.4, -0.2) is 24.5 Å². The van der Waals surface area contributed by atoms with E-state index in [0.717, 1.165) is 0 Å². The molecule has 0 saturated carbocycles. The fourth-order valence-electron chi connectivity index (χ4n) is 1.82. The maximum Gasteiger partial charge on any atom is 0.352 e.